The largest absolute Gasteiger partial charge is 0.508 e. The summed E-state index contributed by atoms with van der Waals surface area (Å²) in [6.45, 7) is 22.7. The van der Waals surface area contributed by atoms with Crippen LogP contribution in [0.4, 0.5) is 0 Å². The molecule has 2 heteroatoms. The highest BCUT2D eigenvalue weighted by Gasteiger charge is 2.33. The lowest BCUT2D eigenvalue weighted by Crippen LogP contribution is -2.32. The highest BCUT2D eigenvalue weighted by atomic mass is 28.3. The predicted molar refractivity (Wildman–Crippen MR) is 109 cm³/mol. The first-order chi connectivity index (χ1) is 10.9. The molecule has 0 bridgehead atoms. The molecule has 0 saturated heterocycles. The van der Waals surface area contributed by atoms with Crippen LogP contribution in [-0.2, 0) is 5.41 Å². The third kappa shape index (κ3) is 2.90. The van der Waals surface area contributed by atoms with Crippen LogP contribution in [0.25, 0.3) is 5.57 Å². The summed E-state index contributed by atoms with van der Waals surface area (Å²) in [4.78, 5) is 0. The van der Waals surface area contributed by atoms with Crippen molar-refractivity contribution in [1.82, 2.24) is 0 Å². The van der Waals surface area contributed by atoms with Crippen LogP contribution >= 0.6 is 0 Å². The van der Waals surface area contributed by atoms with Crippen LogP contribution in [0.5, 0.6) is 5.75 Å². The Kier molecular flexibility index (Phi) is 4.93. The zero-order valence-corrected chi connectivity index (χ0v) is 18.1. The van der Waals surface area contributed by atoms with Crippen molar-refractivity contribution in [2.45, 2.75) is 73.9 Å². The fourth-order valence-electron chi connectivity index (χ4n) is 4.15. The summed E-state index contributed by atoms with van der Waals surface area (Å²) in [5.74, 6) is 0.908. The number of rotatable bonds is 2. The van der Waals surface area contributed by atoms with Crippen LogP contribution in [0.15, 0.2) is 22.8 Å². The Hall–Kier alpha value is -1.28. The first-order valence-corrected chi connectivity index (χ1v) is 11.5. The van der Waals surface area contributed by atoms with E-state index in [0.717, 1.165) is 5.56 Å². The summed E-state index contributed by atoms with van der Waals surface area (Å²) in [7, 11) is -0.692. The molecule has 131 valence electrons. The van der Waals surface area contributed by atoms with Crippen molar-refractivity contribution in [3.63, 3.8) is 0 Å². The van der Waals surface area contributed by atoms with Gasteiger partial charge in [-0.25, -0.2) is 0 Å². The number of hydrogen-bond acceptors (Lipinski definition) is 1. The van der Waals surface area contributed by atoms with Gasteiger partial charge in [0.05, 0.1) is 8.80 Å². The summed E-state index contributed by atoms with van der Waals surface area (Å²) < 4.78 is 0. The molecule has 1 aromatic carbocycles. The van der Waals surface area contributed by atoms with E-state index in [4.69, 9.17) is 0 Å². The van der Waals surface area contributed by atoms with Gasteiger partial charge in [-0.2, -0.15) is 0 Å². The van der Waals surface area contributed by atoms with Crippen molar-refractivity contribution in [3.05, 3.63) is 39.5 Å². The Morgan fingerprint density at radius 3 is 1.92 bits per heavy atom. The maximum Gasteiger partial charge on any atom is 0.118 e. The van der Waals surface area contributed by atoms with E-state index < -0.39 is 8.80 Å². The summed E-state index contributed by atoms with van der Waals surface area (Å²) in [5.41, 5.74) is 9.64. The third-order valence-corrected chi connectivity index (χ3v) is 7.23. The third-order valence-electron chi connectivity index (χ3n) is 5.76. The standard InChI is InChI=1S/C22H33OSi/c1-12-13(2)15(4)19(14(12)3)20-18(24(9)10)11-17(23)16(5)21(20)22(6,7)8/h11,14,23H,1-10H3. The molecule has 1 nitrogen and oxygen atoms in total. The average molecular weight is 342 g/mol. The van der Waals surface area contributed by atoms with E-state index in [0.29, 0.717) is 11.7 Å². The maximum absolute atomic E-state index is 10.6. The van der Waals surface area contributed by atoms with Crippen molar-refractivity contribution in [3.8, 4) is 5.75 Å². The summed E-state index contributed by atoms with van der Waals surface area (Å²) in [6.07, 6.45) is 0. The highest BCUT2D eigenvalue weighted by molar-refractivity contribution is 6.71. The first kappa shape index (κ1) is 19.0. The molecular formula is C22H33OSi. The Bertz CT molecular complexity index is 742. The van der Waals surface area contributed by atoms with Crippen molar-refractivity contribution in [2.75, 3.05) is 0 Å². The fourth-order valence-corrected chi connectivity index (χ4v) is 5.33. The summed E-state index contributed by atoms with van der Waals surface area (Å²) >= 11 is 0. The van der Waals surface area contributed by atoms with Gasteiger partial charge < -0.3 is 5.11 Å². The molecule has 1 aromatic rings. The zero-order chi connectivity index (χ0) is 18.6. The topological polar surface area (TPSA) is 20.2 Å². The lowest BCUT2D eigenvalue weighted by molar-refractivity contribution is 0.466. The second kappa shape index (κ2) is 6.22. The average Bonchev–Trinajstić information content (AvgIpc) is 2.64. The highest BCUT2D eigenvalue weighted by Crippen LogP contribution is 2.46. The van der Waals surface area contributed by atoms with Gasteiger partial charge in [-0.1, -0.05) is 51.5 Å². The smallest absolute Gasteiger partial charge is 0.118 e. The van der Waals surface area contributed by atoms with Gasteiger partial charge in [-0.3, -0.25) is 0 Å². The van der Waals surface area contributed by atoms with Crippen molar-refractivity contribution >= 4 is 19.6 Å². The number of benzene rings is 1. The molecular weight excluding hydrogens is 308 g/mol. The SMILES string of the molecule is CC1=C(C)C(C)C(c2c([Si](C)C)cc(O)c(C)c2C(C)(C)C)=C1C. The molecule has 0 aliphatic heterocycles. The van der Waals surface area contributed by atoms with E-state index in [2.05, 4.69) is 68.5 Å². The van der Waals surface area contributed by atoms with Crippen LogP contribution in [0.2, 0.25) is 13.1 Å². The van der Waals surface area contributed by atoms with Crippen LogP contribution in [0.1, 0.15) is 65.2 Å². The second-order valence-electron chi connectivity index (χ2n) is 8.64. The minimum Gasteiger partial charge on any atom is -0.508 e. The molecule has 2 rings (SSSR count). The summed E-state index contributed by atoms with van der Waals surface area (Å²) in [6, 6.07) is 2.05. The van der Waals surface area contributed by atoms with Crippen LogP contribution < -0.4 is 5.19 Å². The number of aromatic hydroxyl groups is 1. The molecule has 0 amide bonds. The number of allylic oxidation sites excluding steroid dienone is 4. The van der Waals surface area contributed by atoms with Gasteiger partial charge in [-0.05, 0) is 72.6 Å². The zero-order valence-electron chi connectivity index (χ0n) is 17.1. The van der Waals surface area contributed by atoms with Crippen molar-refractivity contribution < 1.29 is 5.11 Å². The van der Waals surface area contributed by atoms with Gasteiger partial charge >= 0.3 is 0 Å². The number of hydrogen-bond donors (Lipinski definition) is 1. The normalized spacial score (nSPS) is 19.0. The molecule has 0 heterocycles. The minimum absolute atomic E-state index is 0.00161. The molecule has 0 saturated carbocycles. The second-order valence-corrected chi connectivity index (χ2v) is 11.2. The van der Waals surface area contributed by atoms with E-state index in [1.54, 1.807) is 0 Å². The molecule has 0 fully saturated rings. The van der Waals surface area contributed by atoms with E-state index in [1.165, 1.54) is 38.6 Å². The Morgan fingerprint density at radius 2 is 1.54 bits per heavy atom. The molecule has 24 heavy (non-hydrogen) atoms. The molecule has 1 radical (unpaired) electrons. The first-order valence-electron chi connectivity index (χ1n) is 8.96. The van der Waals surface area contributed by atoms with Crippen LogP contribution in [0, 0.1) is 12.8 Å². The predicted octanol–water partition coefficient (Wildman–Crippen LogP) is 5.72. The lowest BCUT2D eigenvalue weighted by Gasteiger charge is -2.31. The molecule has 0 spiro atoms. The lowest BCUT2D eigenvalue weighted by atomic mass is 9.76. The molecule has 0 aromatic heterocycles. The number of phenols is 1. The van der Waals surface area contributed by atoms with Gasteiger partial charge in [0.2, 0.25) is 0 Å². The minimum atomic E-state index is -0.692. The van der Waals surface area contributed by atoms with E-state index >= 15 is 0 Å². The quantitative estimate of drug-likeness (QED) is 0.682. The van der Waals surface area contributed by atoms with E-state index in [-0.39, 0.29) is 5.41 Å². The number of phenolic OH excluding ortho intramolecular Hbond substituents is 1. The van der Waals surface area contributed by atoms with Crippen LogP contribution in [0.3, 0.4) is 0 Å². The maximum atomic E-state index is 10.6. The van der Waals surface area contributed by atoms with Crippen LogP contribution in [-0.4, -0.2) is 13.9 Å². The molecule has 1 N–H and O–H groups in total. The molecule has 1 aliphatic rings. The monoisotopic (exact) mass is 341 g/mol. The van der Waals surface area contributed by atoms with Gasteiger partial charge in [0.15, 0.2) is 0 Å². The molecule has 1 aliphatic carbocycles. The fraction of sp³-hybridized carbons (Fsp3) is 0.545. The Labute approximate surface area is 150 Å². The Balaban J connectivity index is 2.96. The van der Waals surface area contributed by atoms with Gasteiger partial charge in [0.25, 0.3) is 0 Å². The van der Waals surface area contributed by atoms with E-state index in [1.807, 2.05) is 6.07 Å². The Morgan fingerprint density at radius 1 is 1.00 bits per heavy atom. The van der Waals surface area contributed by atoms with Gasteiger partial charge in [0, 0.05) is 5.92 Å². The van der Waals surface area contributed by atoms with Gasteiger partial charge in [-0.15, -0.1) is 0 Å². The van der Waals surface area contributed by atoms with Crippen molar-refractivity contribution in [2.24, 2.45) is 5.92 Å². The molecule has 1 atom stereocenters. The molecule has 1 unspecified atom stereocenters. The summed E-state index contributed by atoms with van der Waals surface area (Å²) in [5, 5.41) is 12.0. The van der Waals surface area contributed by atoms with Crippen molar-refractivity contribution in [1.29, 1.82) is 0 Å². The van der Waals surface area contributed by atoms with Gasteiger partial charge in [0.1, 0.15) is 5.75 Å². The van der Waals surface area contributed by atoms with E-state index in [9.17, 15) is 5.11 Å².